The van der Waals surface area contributed by atoms with E-state index in [-0.39, 0.29) is 5.76 Å². The summed E-state index contributed by atoms with van der Waals surface area (Å²) >= 11 is 5.87. The molecule has 1 N–H and O–H groups in total. The number of furan rings is 1. The summed E-state index contributed by atoms with van der Waals surface area (Å²) in [7, 11) is 0. The summed E-state index contributed by atoms with van der Waals surface area (Å²) in [5.41, 5.74) is 0. The van der Waals surface area contributed by atoms with Crippen molar-refractivity contribution in [1.29, 1.82) is 0 Å². The Morgan fingerprint density at radius 1 is 1.47 bits per heavy atom. The summed E-state index contributed by atoms with van der Waals surface area (Å²) in [6.07, 6.45) is 3.27. The zero-order valence-electron chi connectivity index (χ0n) is 10.3. The summed E-state index contributed by atoms with van der Waals surface area (Å²) in [4.78, 5) is 21.6. The number of hydrogen-bond acceptors (Lipinski definition) is 4. The molecule has 0 aromatic carbocycles. The van der Waals surface area contributed by atoms with E-state index in [4.69, 9.17) is 16.0 Å². The Morgan fingerprint density at radius 3 is 2.84 bits per heavy atom. The van der Waals surface area contributed by atoms with E-state index in [1.165, 1.54) is 12.1 Å². The highest BCUT2D eigenvalue weighted by Gasteiger charge is 2.27. The monoisotopic (exact) mass is 286 g/mol. The Kier molecular flexibility index (Phi) is 4.42. The van der Waals surface area contributed by atoms with Gasteiger partial charge in [0.05, 0.1) is 6.07 Å². The van der Waals surface area contributed by atoms with Crippen molar-refractivity contribution in [2.45, 2.75) is 19.3 Å². The van der Waals surface area contributed by atoms with Gasteiger partial charge in [0.15, 0.2) is 5.76 Å². The summed E-state index contributed by atoms with van der Waals surface area (Å²) in [5.74, 6) is 0.539. The lowest BCUT2D eigenvalue weighted by atomic mass is 9.98. The van der Waals surface area contributed by atoms with Crippen LogP contribution >= 0.6 is 11.6 Å². The Balaban J connectivity index is 1.88. The Morgan fingerprint density at radius 2 is 2.21 bits per heavy atom. The highest BCUT2D eigenvalue weighted by molar-refractivity contribution is 6.18. The lowest BCUT2D eigenvalue weighted by Crippen LogP contribution is -2.31. The van der Waals surface area contributed by atoms with Crippen molar-refractivity contribution < 1.29 is 14.1 Å². The molecule has 2 unspecified atom stereocenters. The highest BCUT2D eigenvalue weighted by Crippen LogP contribution is 2.32. The molecule has 1 aromatic heterocycles. The Bertz CT molecular complexity index is 474. The minimum Gasteiger partial charge on any atom is -0.395 e. The van der Waals surface area contributed by atoms with Crippen molar-refractivity contribution >= 4 is 23.4 Å². The number of nitro groups is 1. The SMILES string of the molecule is O=C(NCC1CCCC1CCl)c1ccc([N+](=O)[O-])o1. The van der Waals surface area contributed by atoms with Crippen LogP contribution in [0.4, 0.5) is 5.88 Å². The molecule has 0 aliphatic heterocycles. The van der Waals surface area contributed by atoms with Gasteiger partial charge in [0.25, 0.3) is 5.91 Å². The molecule has 19 heavy (non-hydrogen) atoms. The van der Waals surface area contributed by atoms with Crippen molar-refractivity contribution in [1.82, 2.24) is 5.32 Å². The quantitative estimate of drug-likeness (QED) is 0.512. The lowest BCUT2D eigenvalue weighted by molar-refractivity contribution is -0.402. The van der Waals surface area contributed by atoms with E-state index in [0.717, 1.165) is 19.3 Å². The number of nitrogens with one attached hydrogen (secondary N) is 1. The van der Waals surface area contributed by atoms with Crippen LogP contribution in [0.3, 0.4) is 0 Å². The predicted octanol–water partition coefficient (Wildman–Crippen LogP) is 2.57. The Labute approximate surface area is 115 Å². The van der Waals surface area contributed by atoms with Crippen LogP contribution in [0.5, 0.6) is 0 Å². The maximum absolute atomic E-state index is 11.8. The molecule has 1 aliphatic rings. The molecule has 0 bridgehead atoms. The minimum absolute atomic E-state index is 0.0351. The average molecular weight is 287 g/mol. The number of rotatable bonds is 5. The van der Waals surface area contributed by atoms with E-state index < -0.39 is 16.7 Å². The molecule has 104 valence electrons. The maximum Gasteiger partial charge on any atom is 0.433 e. The first kappa shape index (κ1) is 13.9. The molecule has 2 atom stereocenters. The van der Waals surface area contributed by atoms with Crippen LogP contribution in [-0.4, -0.2) is 23.3 Å². The van der Waals surface area contributed by atoms with Crippen molar-refractivity contribution in [3.8, 4) is 0 Å². The van der Waals surface area contributed by atoms with E-state index in [9.17, 15) is 14.9 Å². The van der Waals surface area contributed by atoms with Crippen LogP contribution in [-0.2, 0) is 0 Å². The third-order valence-electron chi connectivity index (χ3n) is 3.54. The van der Waals surface area contributed by atoms with Crippen LogP contribution < -0.4 is 5.32 Å². The van der Waals surface area contributed by atoms with Gasteiger partial charge >= 0.3 is 5.88 Å². The van der Waals surface area contributed by atoms with Crippen LogP contribution in [0.2, 0.25) is 0 Å². The van der Waals surface area contributed by atoms with Crippen LogP contribution in [0.1, 0.15) is 29.8 Å². The molecule has 0 spiro atoms. The van der Waals surface area contributed by atoms with Crippen molar-refractivity contribution in [2.24, 2.45) is 11.8 Å². The fourth-order valence-corrected chi connectivity index (χ4v) is 2.85. The highest BCUT2D eigenvalue weighted by atomic mass is 35.5. The molecule has 7 heteroatoms. The van der Waals surface area contributed by atoms with E-state index >= 15 is 0 Å². The average Bonchev–Trinajstić information content (AvgIpc) is 3.04. The normalized spacial score (nSPS) is 22.4. The second kappa shape index (κ2) is 6.06. The second-order valence-electron chi connectivity index (χ2n) is 4.71. The number of hydrogen-bond donors (Lipinski definition) is 1. The minimum atomic E-state index is -0.669. The Hall–Kier alpha value is -1.56. The molecule has 0 saturated heterocycles. The van der Waals surface area contributed by atoms with Crippen LogP contribution in [0, 0.1) is 22.0 Å². The maximum atomic E-state index is 11.8. The molecule has 1 fully saturated rings. The summed E-state index contributed by atoms with van der Waals surface area (Å²) < 4.78 is 4.84. The lowest BCUT2D eigenvalue weighted by Gasteiger charge is -2.16. The van der Waals surface area contributed by atoms with Crippen LogP contribution in [0.25, 0.3) is 0 Å². The first-order valence-electron chi connectivity index (χ1n) is 6.20. The van der Waals surface area contributed by atoms with Crippen LogP contribution in [0.15, 0.2) is 16.5 Å². The zero-order valence-corrected chi connectivity index (χ0v) is 11.1. The summed E-state index contributed by atoms with van der Waals surface area (Å²) in [5, 5.41) is 13.2. The smallest absolute Gasteiger partial charge is 0.395 e. The molecule has 0 radical (unpaired) electrons. The molecule has 1 aromatic rings. The number of carbonyl (C=O) groups excluding carboxylic acids is 1. The predicted molar refractivity (Wildman–Crippen MR) is 69.2 cm³/mol. The fourth-order valence-electron chi connectivity index (χ4n) is 2.44. The summed E-state index contributed by atoms with van der Waals surface area (Å²) in [6, 6.07) is 2.48. The van der Waals surface area contributed by atoms with E-state index in [1.807, 2.05) is 0 Å². The number of carbonyl (C=O) groups is 1. The molecule has 1 saturated carbocycles. The third-order valence-corrected chi connectivity index (χ3v) is 3.93. The van der Waals surface area contributed by atoms with Gasteiger partial charge in [-0.05, 0) is 30.7 Å². The molecule has 1 amide bonds. The van der Waals surface area contributed by atoms with Gasteiger partial charge in [0.1, 0.15) is 4.92 Å². The number of halogens is 1. The topological polar surface area (TPSA) is 85.4 Å². The van der Waals surface area contributed by atoms with Gasteiger partial charge in [0, 0.05) is 12.4 Å². The molecule has 1 heterocycles. The number of alkyl halides is 1. The van der Waals surface area contributed by atoms with Gasteiger partial charge in [-0.15, -0.1) is 11.6 Å². The summed E-state index contributed by atoms with van der Waals surface area (Å²) in [6.45, 7) is 0.532. The molecule has 1 aliphatic carbocycles. The second-order valence-corrected chi connectivity index (χ2v) is 5.02. The zero-order chi connectivity index (χ0) is 13.8. The van der Waals surface area contributed by atoms with Crippen molar-refractivity contribution in [2.75, 3.05) is 12.4 Å². The first-order valence-corrected chi connectivity index (χ1v) is 6.73. The number of amides is 1. The standard InChI is InChI=1S/C12H15ClN2O4/c13-6-8-2-1-3-9(8)7-14-12(16)10-4-5-11(19-10)15(17)18/h4-5,8-9H,1-3,6-7H2,(H,14,16). The van der Waals surface area contributed by atoms with Gasteiger partial charge in [-0.1, -0.05) is 6.42 Å². The van der Waals surface area contributed by atoms with Gasteiger partial charge < -0.3 is 9.73 Å². The van der Waals surface area contributed by atoms with Gasteiger partial charge in [0.2, 0.25) is 0 Å². The third kappa shape index (κ3) is 3.26. The molecule has 2 rings (SSSR count). The molecule has 6 nitrogen and oxygen atoms in total. The first-order chi connectivity index (χ1) is 9.11. The van der Waals surface area contributed by atoms with Gasteiger partial charge in [-0.25, -0.2) is 0 Å². The van der Waals surface area contributed by atoms with E-state index in [2.05, 4.69) is 5.32 Å². The fraction of sp³-hybridized carbons (Fsp3) is 0.583. The van der Waals surface area contributed by atoms with E-state index in [1.54, 1.807) is 0 Å². The number of nitrogens with zero attached hydrogens (tertiary/aromatic N) is 1. The largest absolute Gasteiger partial charge is 0.433 e. The van der Waals surface area contributed by atoms with Crippen molar-refractivity contribution in [3.63, 3.8) is 0 Å². The van der Waals surface area contributed by atoms with Crippen molar-refractivity contribution in [3.05, 3.63) is 28.0 Å². The molecular weight excluding hydrogens is 272 g/mol. The van der Waals surface area contributed by atoms with Gasteiger partial charge in [-0.3, -0.25) is 14.9 Å². The van der Waals surface area contributed by atoms with E-state index in [0.29, 0.717) is 24.3 Å². The van der Waals surface area contributed by atoms with Gasteiger partial charge in [-0.2, -0.15) is 0 Å². The molecular formula is C12H15ClN2O4.